The molecule has 0 radical (unpaired) electrons. The molecule has 3 nitrogen and oxygen atoms in total. The van der Waals surface area contributed by atoms with E-state index in [4.69, 9.17) is 0 Å². The molecule has 0 aromatic rings. The van der Waals surface area contributed by atoms with E-state index < -0.39 is 0 Å². The third-order valence-electron chi connectivity index (χ3n) is 2.49. The highest BCUT2D eigenvalue weighted by Gasteiger charge is 2.11. The first-order valence-corrected chi connectivity index (χ1v) is 5.50. The van der Waals surface area contributed by atoms with Crippen molar-refractivity contribution in [2.75, 3.05) is 19.6 Å². The van der Waals surface area contributed by atoms with E-state index in [0.29, 0.717) is 6.54 Å². The lowest BCUT2D eigenvalue weighted by Gasteiger charge is -2.14. The van der Waals surface area contributed by atoms with E-state index in [1.807, 2.05) is 20.0 Å². The molecule has 1 heterocycles. The van der Waals surface area contributed by atoms with E-state index in [9.17, 15) is 4.79 Å². The molecule has 0 aliphatic carbocycles. The highest BCUT2D eigenvalue weighted by atomic mass is 16.1. The quantitative estimate of drug-likeness (QED) is 0.691. The van der Waals surface area contributed by atoms with Gasteiger partial charge < -0.3 is 10.2 Å². The van der Waals surface area contributed by atoms with Crippen LogP contribution in [0.15, 0.2) is 11.8 Å². The van der Waals surface area contributed by atoms with E-state index in [1.54, 1.807) is 0 Å². The zero-order chi connectivity index (χ0) is 10.4. The maximum atomic E-state index is 11.6. The molecule has 1 amide bonds. The van der Waals surface area contributed by atoms with Gasteiger partial charge in [0.05, 0.1) is 0 Å². The molecule has 1 aliphatic rings. The largest absolute Gasteiger partial charge is 0.377 e. The van der Waals surface area contributed by atoms with Crippen LogP contribution in [0.1, 0.15) is 33.1 Å². The third-order valence-corrected chi connectivity index (χ3v) is 2.49. The predicted octanol–water partition coefficient (Wildman–Crippen LogP) is 1.51. The Morgan fingerprint density at radius 1 is 1.36 bits per heavy atom. The molecule has 1 rings (SSSR count). The Morgan fingerprint density at radius 2 is 2.00 bits per heavy atom. The summed E-state index contributed by atoms with van der Waals surface area (Å²) in [6.45, 7) is 6.88. The number of rotatable bonds is 4. The third kappa shape index (κ3) is 3.05. The molecule has 1 N–H and O–H groups in total. The molecule has 0 bridgehead atoms. The fourth-order valence-corrected chi connectivity index (χ4v) is 1.68. The van der Waals surface area contributed by atoms with Crippen LogP contribution < -0.4 is 5.32 Å². The van der Waals surface area contributed by atoms with Gasteiger partial charge in [-0.15, -0.1) is 0 Å². The van der Waals surface area contributed by atoms with Crippen LogP contribution in [0.4, 0.5) is 0 Å². The second-order valence-corrected chi connectivity index (χ2v) is 3.61. The number of carbonyl (C=O) groups is 1. The van der Waals surface area contributed by atoms with Crippen molar-refractivity contribution < 1.29 is 4.79 Å². The Kier molecular flexibility index (Phi) is 4.50. The van der Waals surface area contributed by atoms with Crippen molar-refractivity contribution >= 4 is 5.91 Å². The van der Waals surface area contributed by atoms with Gasteiger partial charge in [-0.2, -0.15) is 0 Å². The summed E-state index contributed by atoms with van der Waals surface area (Å²) in [7, 11) is 0. The summed E-state index contributed by atoms with van der Waals surface area (Å²) in [5, 5.41) is 2.84. The number of nitrogens with one attached hydrogen (secondary N) is 1. The zero-order valence-electron chi connectivity index (χ0n) is 9.18. The topological polar surface area (TPSA) is 32.3 Å². The van der Waals surface area contributed by atoms with Crippen molar-refractivity contribution in [1.82, 2.24) is 10.2 Å². The van der Waals surface area contributed by atoms with Crippen LogP contribution in [0.2, 0.25) is 0 Å². The minimum atomic E-state index is 0.0851. The number of likely N-dealkylation sites (N-methyl/N-ethyl adjacent to an activating group) is 1. The fourth-order valence-electron chi connectivity index (χ4n) is 1.68. The Hall–Kier alpha value is -0.990. The first-order chi connectivity index (χ1) is 6.77. The van der Waals surface area contributed by atoms with E-state index >= 15 is 0 Å². The lowest BCUT2D eigenvalue weighted by molar-refractivity contribution is -0.117. The summed E-state index contributed by atoms with van der Waals surface area (Å²) < 4.78 is 0. The fraction of sp³-hybridized carbons (Fsp3) is 0.727. The number of carbonyl (C=O) groups excluding carboxylic acids is 1. The maximum absolute atomic E-state index is 11.6. The molecule has 0 unspecified atom stereocenters. The van der Waals surface area contributed by atoms with Crippen molar-refractivity contribution in [2.45, 2.75) is 33.1 Å². The molecule has 1 aliphatic heterocycles. The average Bonchev–Trinajstić information content (AvgIpc) is 2.66. The maximum Gasteiger partial charge on any atom is 0.248 e. The standard InChI is InChI=1S/C11H20N2O/c1-3-10(11(14)12-4-2)9-13-7-5-6-8-13/h9H,3-8H2,1-2H3,(H,12,14)/b10-9+. The molecule has 0 aromatic heterocycles. The van der Waals surface area contributed by atoms with Gasteiger partial charge in [-0.3, -0.25) is 4.79 Å². The molecule has 1 fully saturated rings. The molecule has 0 atom stereocenters. The summed E-state index contributed by atoms with van der Waals surface area (Å²) in [4.78, 5) is 13.8. The van der Waals surface area contributed by atoms with Crippen LogP contribution in [0, 0.1) is 0 Å². The van der Waals surface area contributed by atoms with Crippen molar-refractivity contribution in [3.05, 3.63) is 11.8 Å². The number of hydrogen-bond donors (Lipinski definition) is 1. The lowest BCUT2D eigenvalue weighted by atomic mass is 10.2. The Balaban J connectivity index is 2.54. The smallest absolute Gasteiger partial charge is 0.248 e. The molecule has 80 valence electrons. The SMILES string of the molecule is CCNC(=O)/C(=C/N1CCCC1)CC. The van der Waals surface area contributed by atoms with Gasteiger partial charge in [0.15, 0.2) is 0 Å². The van der Waals surface area contributed by atoms with Crippen molar-refractivity contribution in [3.8, 4) is 0 Å². The number of likely N-dealkylation sites (tertiary alicyclic amines) is 1. The first-order valence-electron chi connectivity index (χ1n) is 5.50. The highest BCUT2D eigenvalue weighted by molar-refractivity contribution is 5.93. The Labute approximate surface area is 86.2 Å². The summed E-state index contributed by atoms with van der Waals surface area (Å²) in [6, 6.07) is 0. The molecule has 3 heteroatoms. The average molecular weight is 196 g/mol. The second kappa shape index (κ2) is 5.68. The van der Waals surface area contributed by atoms with Crippen molar-refractivity contribution in [2.24, 2.45) is 0 Å². The van der Waals surface area contributed by atoms with E-state index in [-0.39, 0.29) is 5.91 Å². The minimum absolute atomic E-state index is 0.0851. The second-order valence-electron chi connectivity index (χ2n) is 3.61. The van der Waals surface area contributed by atoms with E-state index in [2.05, 4.69) is 10.2 Å². The zero-order valence-corrected chi connectivity index (χ0v) is 9.18. The highest BCUT2D eigenvalue weighted by Crippen LogP contribution is 2.11. The monoisotopic (exact) mass is 196 g/mol. The molecule has 0 aromatic carbocycles. The van der Waals surface area contributed by atoms with Gasteiger partial charge in [-0.25, -0.2) is 0 Å². The van der Waals surface area contributed by atoms with E-state index in [1.165, 1.54) is 12.8 Å². The van der Waals surface area contributed by atoms with Crippen LogP contribution in [0.5, 0.6) is 0 Å². The number of nitrogens with zero attached hydrogens (tertiary/aromatic N) is 1. The Morgan fingerprint density at radius 3 is 2.50 bits per heavy atom. The van der Waals surface area contributed by atoms with Gasteiger partial charge in [0.1, 0.15) is 0 Å². The molecule has 0 spiro atoms. The molecule has 0 saturated carbocycles. The first kappa shape index (κ1) is 11.1. The van der Waals surface area contributed by atoms with Crippen LogP contribution >= 0.6 is 0 Å². The summed E-state index contributed by atoms with van der Waals surface area (Å²) in [6.07, 6.45) is 5.34. The van der Waals surface area contributed by atoms with Gasteiger partial charge in [-0.1, -0.05) is 6.92 Å². The molecular weight excluding hydrogens is 176 g/mol. The van der Waals surface area contributed by atoms with Crippen molar-refractivity contribution in [3.63, 3.8) is 0 Å². The number of hydrogen-bond acceptors (Lipinski definition) is 2. The van der Waals surface area contributed by atoms with Gasteiger partial charge in [0.25, 0.3) is 0 Å². The predicted molar refractivity (Wildman–Crippen MR) is 57.9 cm³/mol. The van der Waals surface area contributed by atoms with E-state index in [0.717, 1.165) is 25.1 Å². The van der Waals surface area contributed by atoms with Crippen LogP contribution in [0.3, 0.4) is 0 Å². The summed E-state index contributed by atoms with van der Waals surface area (Å²) >= 11 is 0. The lowest BCUT2D eigenvalue weighted by Crippen LogP contribution is -2.26. The van der Waals surface area contributed by atoms with Gasteiger partial charge in [-0.05, 0) is 26.2 Å². The van der Waals surface area contributed by atoms with Gasteiger partial charge in [0.2, 0.25) is 5.91 Å². The molecule has 1 saturated heterocycles. The molecular formula is C11H20N2O. The van der Waals surface area contributed by atoms with Crippen molar-refractivity contribution in [1.29, 1.82) is 0 Å². The summed E-state index contributed by atoms with van der Waals surface area (Å²) in [5.74, 6) is 0.0851. The van der Waals surface area contributed by atoms with Crippen LogP contribution in [0.25, 0.3) is 0 Å². The van der Waals surface area contributed by atoms with Gasteiger partial charge >= 0.3 is 0 Å². The molecule has 14 heavy (non-hydrogen) atoms. The minimum Gasteiger partial charge on any atom is -0.377 e. The number of amides is 1. The summed E-state index contributed by atoms with van der Waals surface area (Å²) in [5.41, 5.74) is 0.897. The van der Waals surface area contributed by atoms with Gasteiger partial charge in [0, 0.05) is 31.4 Å². The normalized spacial score (nSPS) is 17.3. The van der Waals surface area contributed by atoms with Crippen LogP contribution in [-0.4, -0.2) is 30.4 Å². The van der Waals surface area contributed by atoms with Crippen LogP contribution in [-0.2, 0) is 4.79 Å². The Bertz CT molecular complexity index is 217.